The van der Waals surface area contributed by atoms with Crippen molar-refractivity contribution in [3.63, 3.8) is 0 Å². The Hall–Kier alpha value is -9.76. The van der Waals surface area contributed by atoms with Gasteiger partial charge in [-0.25, -0.2) is 0 Å². The van der Waals surface area contributed by atoms with Crippen molar-refractivity contribution in [2.75, 3.05) is 4.90 Å². The van der Waals surface area contributed by atoms with Crippen LogP contribution in [0.5, 0.6) is 0 Å². The molecular formula is C74H49NO. The van der Waals surface area contributed by atoms with Crippen molar-refractivity contribution in [3.8, 4) is 44.5 Å². The van der Waals surface area contributed by atoms with E-state index >= 15 is 0 Å². The average Bonchev–Trinajstić information content (AvgIpc) is 4.16. The summed E-state index contributed by atoms with van der Waals surface area (Å²) in [5.41, 5.74) is 23.7. The molecule has 0 fully saturated rings. The highest BCUT2D eigenvalue weighted by Crippen LogP contribution is 2.60. The zero-order valence-electron chi connectivity index (χ0n) is 41.6. The third-order valence-electron chi connectivity index (χ3n) is 16.5. The van der Waals surface area contributed by atoms with Crippen LogP contribution in [0.15, 0.2) is 302 Å². The van der Waals surface area contributed by atoms with Crippen LogP contribution in [0.4, 0.5) is 17.1 Å². The first-order chi connectivity index (χ1) is 37.7. The van der Waals surface area contributed by atoms with Gasteiger partial charge in [0.15, 0.2) is 0 Å². The van der Waals surface area contributed by atoms with Crippen molar-refractivity contribution >= 4 is 39.0 Å². The molecule has 0 N–H and O–H groups in total. The van der Waals surface area contributed by atoms with Crippen LogP contribution in [0.2, 0.25) is 0 Å². The van der Waals surface area contributed by atoms with E-state index in [1.54, 1.807) is 0 Å². The average molecular weight is 968 g/mol. The third-order valence-corrected chi connectivity index (χ3v) is 16.5. The van der Waals surface area contributed by atoms with Crippen molar-refractivity contribution in [1.82, 2.24) is 0 Å². The molecule has 1 heterocycles. The van der Waals surface area contributed by atoms with E-state index in [9.17, 15) is 0 Å². The van der Waals surface area contributed by atoms with Crippen LogP contribution in [0.3, 0.4) is 0 Å². The van der Waals surface area contributed by atoms with Gasteiger partial charge in [-0.3, -0.25) is 0 Å². The van der Waals surface area contributed by atoms with Crippen LogP contribution >= 0.6 is 0 Å². The number of furan rings is 1. The molecule has 0 spiro atoms. The van der Waals surface area contributed by atoms with Gasteiger partial charge in [-0.15, -0.1) is 0 Å². The minimum absolute atomic E-state index is 0.484. The Morgan fingerprint density at radius 2 is 0.711 bits per heavy atom. The monoisotopic (exact) mass is 967 g/mol. The van der Waals surface area contributed by atoms with Crippen LogP contribution in [-0.2, 0) is 10.8 Å². The predicted octanol–water partition coefficient (Wildman–Crippen LogP) is 19.1. The molecule has 2 aliphatic carbocycles. The molecule has 0 radical (unpaired) electrons. The van der Waals surface area contributed by atoms with Gasteiger partial charge in [0.25, 0.3) is 0 Å². The summed E-state index contributed by atoms with van der Waals surface area (Å²) in [6.45, 7) is 0. The molecule has 0 saturated heterocycles. The smallest absolute Gasteiger partial charge is 0.143 e. The van der Waals surface area contributed by atoms with E-state index in [0.717, 1.165) is 55.7 Å². The summed E-state index contributed by atoms with van der Waals surface area (Å²) in [5, 5.41) is 2.25. The van der Waals surface area contributed by atoms with Crippen molar-refractivity contribution in [2.24, 2.45) is 0 Å². The molecule has 0 bridgehead atoms. The number of nitrogens with zero attached hydrogens (tertiary/aromatic N) is 1. The number of hydrogen-bond acceptors (Lipinski definition) is 2. The van der Waals surface area contributed by atoms with E-state index in [1.165, 1.54) is 72.3 Å². The second-order valence-corrected chi connectivity index (χ2v) is 20.2. The largest absolute Gasteiger partial charge is 0.455 e. The lowest BCUT2D eigenvalue weighted by atomic mass is 9.67. The Morgan fingerprint density at radius 3 is 1.33 bits per heavy atom. The number of hydrogen-bond donors (Lipinski definition) is 0. The molecule has 15 rings (SSSR count). The van der Waals surface area contributed by atoms with Gasteiger partial charge in [0.2, 0.25) is 0 Å². The van der Waals surface area contributed by atoms with Gasteiger partial charge in [-0.05, 0) is 120 Å². The van der Waals surface area contributed by atoms with E-state index in [-0.39, 0.29) is 0 Å². The fourth-order valence-electron chi connectivity index (χ4n) is 13.3. The summed E-state index contributed by atoms with van der Waals surface area (Å²) in [5.74, 6) is 0. The molecule has 0 atom stereocenters. The van der Waals surface area contributed by atoms with E-state index in [2.05, 4.69) is 296 Å². The number of fused-ring (bicyclic) bond motifs is 9. The maximum absolute atomic E-state index is 6.56. The molecule has 2 aliphatic rings. The predicted molar refractivity (Wildman–Crippen MR) is 314 cm³/mol. The fourth-order valence-corrected chi connectivity index (χ4v) is 13.3. The standard InChI is InChI=1S/C74H49NO/c1-5-21-53(22-6-1)73(54-23-7-2-8-24-54)66-35-17-14-31-64(66)71-67(73)36-20-37-69(71)75(58-46-41-51(42-47-58)59-32-19-33-63-62-30-15-18-38-70(62)76-72(59)63)57-44-39-50(40-45-57)52-43-48-61-60-29-13-16-34-65(60)74(68(61)49-52,55-25-9-3-10-26-55)56-27-11-4-12-28-56/h1-49H. The Bertz CT molecular complexity index is 4230. The lowest BCUT2D eigenvalue weighted by Crippen LogP contribution is -2.28. The summed E-state index contributed by atoms with van der Waals surface area (Å²) in [6.07, 6.45) is 0. The topological polar surface area (TPSA) is 16.4 Å². The quantitative estimate of drug-likeness (QED) is 0.143. The first-order valence-corrected chi connectivity index (χ1v) is 26.3. The molecule has 13 aromatic rings. The fraction of sp³-hybridized carbons (Fsp3) is 0.0270. The van der Waals surface area contributed by atoms with Crippen molar-refractivity contribution in [1.29, 1.82) is 0 Å². The molecule has 2 nitrogen and oxygen atoms in total. The first-order valence-electron chi connectivity index (χ1n) is 26.3. The Kier molecular flexibility index (Phi) is 10.0. The Balaban J connectivity index is 0.914. The highest BCUT2D eigenvalue weighted by molar-refractivity contribution is 6.09. The van der Waals surface area contributed by atoms with Gasteiger partial charge in [-0.1, -0.05) is 255 Å². The second kappa shape index (κ2) is 17.4. The SMILES string of the molecule is c1ccc(C2(c3ccccc3)c3ccccc3-c3ccc(-c4ccc(N(c5ccc(-c6cccc7c6oc6ccccc67)cc5)c5cccc6c5-c5ccccc5C6(c5ccccc5)c5ccccc5)cc4)cc32)cc1. The molecule has 2 heteroatoms. The summed E-state index contributed by atoms with van der Waals surface area (Å²) >= 11 is 0. The molecular weight excluding hydrogens is 919 g/mol. The highest BCUT2D eigenvalue weighted by atomic mass is 16.3. The van der Waals surface area contributed by atoms with Crippen LogP contribution in [0.1, 0.15) is 44.5 Å². The number of rotatable bonds is 9. The zero-order valence-corrected chi connectivity index (χ0v) is 41.6. The maximum Gasteiger partial charge on any atom is 0.143 e. The van der Waals surface area contributed by atoms with Gasteiger partial charge in [0.05, 0.1) is 16.5 Å². The van der Waals surface area contributed by atoms with E-state index in [4.69, 9.17) is 4.42 Å². The molecule has 0 unspecified atom stereocenters. The van der Waals surface area contributed by atoms with Crippen LogP contribution in [-0.4, -0.2) is 0 Å². The molecule has 0 saturated carbocycles. The molecule has 12 aromatic carbocycles. The summed E-state index contributed by atoms with van der Waals surface area (Å²) in [7, 11) is 0. The summed E-state index contributed by atoms with van der Waals surface area (Å²) in [6, 6.07) is 109. The number of benzene rings is 12. The summed E-state index contributed by atoms with van der Waals surface area (Å²) in [4.78, 5) is 2.46. The van der Waals surface area contributed by atoms with Crippen LogP contribution in [0.25, 0.3) is 66.4 Å². The lowest BCUT2D eigenvalue weighted by molar-refractivity contribution is 0.670. The summed E-state index contributed by atoms with van der Waals surface area (Å²) < 4.78 is 6.56. The minimum Gasteiger partial charge on any atom is -0.455 e. The van der Waals surface area contributed by atoms with Crippen molar-refractivity contribution < 1.29 is 4.42 Å². The number of anilines is 3. The van der Waals surface area contributed by atoms with Crippen molar-refractivity contribution in [2.45, 2.75) is 10.8 Å². The lowest BCUT2D eigenvalue weighted by Gasteiger charge is -2.34. The van der Waals surface area contributed by atoms with Gasteiger partial charge in [0, 0.05) is 33.3 Å². The highest BCUT2D eigenvalue weighted by Gasteiger charge is 2.48. The molecule has 0 amide bonds. The Labute approximate surface area is 443 Å². The van der Waals surface area contributed by atoms with Crippen LogP contribution in [0, 0.1) is 0 Å². The minimum atomic E-state index is -0.545. The van der Waals surface area contributed by atoms with E-state index in [1.807, 2.05) is 6.07 Å². The Morgan fingerprint density at radius 1 is 0.276 bits per heavy atom. The van der Waals surface area contributed by atoms with Crippen molar-refractivity contribution in [3.05, 3.63) is 342 Å². The number of para-hydroxylation sites is 2. The first kappa shape index (κ1) is 43.8. The maximum atomic E-state index is 6.56. The third kappa shape index (κ3) is 6.41. The molecule has 76 heavy (non-hydrogen) atoms. The van der Waals surface area contributed by atoms with Crippen LogP contribution < -0.4 is 4.90 Å². The molecule has 1 aromatic heterocycles. The van der Waals surface area contributed by atoms with Gasteiger partial charge in [-0.2, -0.15) is 0 Å². The molecule has 356 valence electrons. The van der Waals surface area contributed by atoms with Gasteiger partial charge in [0.1, 0.15) is 11.2 Å². The normalized spacial score (nSPS) is 13.5. The van der Waals surface area contributed by atoms with Gasteiger partial charge < -0.3 is 9.32 Å². The zero-order chi connectivity index (χ0) is 50.2. The molecule has 0 aliphatic heterocycles. The van der Waals surface area contributed by atoms with Gasteiger partial charge >= 0.3 is 0 Å². The van der Waals surface area contributed by atoms with E-state index in [0.29, 0.717) is 0 Å². The van der Waals surface area contributed by atoms with E-state index < -0.39 is 10.8 Å². The second-order valence-electron chi connectivity index (χ2n) is 20.2.